The summed E-state index contributed by atoms with van der Waals surface area (Å²) in [7, 11) is -1.50. The topological polar surface area (TPSA) is 84.0 Å². The van der Waals surface area contributed by atoms with Crippen molar-refractivity contribution < 1.29 is 9.13 Å². The summed E-state index contributed by atoms with van der Waals surface area (Å²) in [5.41, 5.74) is 1.14. The highest BCUT2D eigenvalue weighted by Crippen LogP contribution is 2.23. The Hall–Kier alpha value is -2.52. The van der Waals surface area contributed by atoms with E-state index < -0.39 is 15.7 Å². The Kier molecular flexibility index (Phi) is 4.23. The van der Waals surface area contributed by atoms with Crippen LogP contribution in [0.3, 0.4) is 0 Å². The molecule has 5 nitrogen and oxygen atoms in total. The van der Waals surface area contributed by atoms with Gasteiger partial charge in [0.15, 0.2) is 0 Å². The highest BCUT2D eigenvalue weighted by Gasteiger charge is 2.18. The maximum Gasteiger partial charge on any atom is 0.285 e. The lowest BCUT2D eigenvalue weighted by Gasteiger charge is -2.03. The fourth-order valence-electron chi connectivity index (χ4n) is 1.71. The average molecular weight is 286 g/mol. The third kappa shape index (κ3) is 3.08. The lowest BCUT2D eigenvalue weighted by Crippen LogP contribution is -2.01. The minimum absolute atomic E-state index is 0.139. The molecule has 100 valence electrons. The summed E-state index contributed by atoms with van der Waals surface area (Å²) in [5.74, 6) is 0.177. The van der Waals surface area contributed by atoms with Crippen LogP contribution in [0.1, 0.15) is 11.1 Å². The van der Waals surface area contributed by atoms with E-state index in [1.165, 1.54) is 12.1 Å². The van der Waals surface area contributed by atoms with Gasteiger partial charge in [0, 0.05) is 6.07 Å². The molecule has 20 heavy (non-hydrogen) atoms. The molecule has 0 aliphatic carbocycles. The van der Waals surface area contributed by atoms with Crippen LogP contribution in [0, 0.1) is 21.4 Å². The smallest absolute Gasteiger partial charge is 0.258 e. The number of benzene rings is 2. The fourth-order valence-corrected chi connectivity index (χ4v) is 2.96. The van der Waals surface area contributed by atoms with Gasteiger partial charge in [-0.1, -0.05) is 24.3 Å². The number of hydrogen-bond donors (Lipinski definition) is 0. The number of nitrogens with zero attached hydrogens (tertiary/aromatic N) is 2. The van der Waals surface area contributed by atoms with Gasteiger partial charge in [0.25, 0.3) is 5.69 Å². The molecule has 2 aromatic rings. The molecular formula is C14H10N2O3S. The van der Waals surface area contributed by atoms with E-state index in [0.717, 1.165) is 5.56 Å². The van der Waals surface area contributed by atoms with Crippen LogP contribution in [0.2, 0.25) is 0 Å². The monoisotopic (exact) mass is 286 g/mol. The van der Waals surface area contributed by atoms with Gasteiger partial charge in [-0.15, -0.1) is 0 Å². The Morgan fingerprint density at radius 2 is 1.80 bits per heavy atom. The lowest BCUT2D eigenvalue weighted by atomic mass is 10.2. The van der Waals surface area contributed by atoms with Gasteiger partial charge in [-0.05, 0) is 23.8 Å². The van der Waals surface area contributed by atoms with Crippen LogP contribution in [0.15, 0.2) is 53.4 Å². The summed E-state index contributed by atoms with van der Waals surface area (Å²) in [4.78, 5) is 10.6. The molecule has 0 saturated heterocycles. The Morgan fingerprint density at radius 3 is 2.40 bits per heavy atom. The zero-order valence-corrected chi connectivity index (χ0v) is 11.2. The van der Waals surface area contributed by atoms with Crippen LogP contribution in [-0.4, -0.2) is 9.13 Å². The second-order valence-electron chi connectivity index (χ2n) is 4.02. The maximum atomic E-state index is 12.2. The number of nitriles is 1. The summed E-state index contributed by atoms with van der Waals surface area (Å²) >= 11 is 0. The third-order valence-electron chi connectivity index (χ3n) is 2.69. The molecule has 0 bridgehead atoms. The van der Waals surface area contributed by atoms with Crippen LogP contribution in [0.5, 0.6) is 0 Å². The van der Waals surface area contributed by atoms with Gasteiger partial charge in [-0.25, -0.2) is 0 Å². The van der Waals surface area contributed by atoms with E-state index in [9.17, 15) is 14.3 Å². The summed E-state index contributed by atoms with van der Waals surface area (Å²) < 4.78 is 12.2. The highest BCUT2D eigenvalue weighted by molar-refractivity contribution is 7.84. The first kappa shape index (κ1) is 13.9. The number of nitro groups is 1. The van der Waals surface area contributed by atoms with Crippen molar-refractivity contribution in [2.24, 2.45) is 0 Å². The second-order valence-corrected chi connectivity index (χ2v) is 5.44. The molecule has 2 aromatic carbocycles. The van der Waals surface area contributed by atoms with Crippen LogP contribution in [-0.2, 0) is 16.6 Å². The molecule has 0 spiro atoms. The van der Waals surface area contributed by atoms with Crippen molar-refractivity contribution in [2.75, 3.05) is 0 Å². The van der Waals surface area contributed by atoms with Crippen molar-refractivity contribution in [3.8, 4) is 6.07 Å². The molecule has 1 atom stereocenters. The summed E-state index contributed by atoms with van der Waals surface area (Å²) in [6, 6.07) is 14.7. The second kappa shape index (κ2) is 6.08. The van der Waals surface area contributed by atoms with Gasteiger partial charge in [0.1, 0.15) is 4.90 Å². The van der Waals surface area contributed by atoms with E-state index in [0.29, 0.717) is 5.56 Å². The number of para-hydroxylation sites is 1. The molecule has 0 fully saturated rings. The zero-order valence-electron chi connectivity index (χ0n) is 10.4. The number of rotatable bonds is 4. The van der Waals surface area contributed by atoms with Gasteiger partial charge in [0.05, 0.1) is 33.1 Å². The molecule has 1 unspecified atom stereocenters. The molecule has 0 amide bonds. The Labute approximate surface area is 118 Å². The number of hydrogen-bond acceptors (Lipinski definition) is 4. The van der Waals surface area contributed by atoms with Crippen LogP contribution >= 0.6 is 0 Å². The van der Waals surface area contributed by atoms with Gasteiger partial charge < -0.3 is 0 Å². The molecule has 0 radical (unpaired) electrons. The standard InChI is InChI=1S/C14H10N2O3S/c15-9-11-5-7-12(8-6-11)10-20(19)14-4-2-1-3-13(14)16(17)18/h1-8H,10H2. The molecular weight excluding hydrogens is 276 g/mol. The zero-order chi connectivity index (χ0) is 14.5. The van der Waals surface area contributed by atoms with E-state index in [1.54, 1.807) is 36.4 Å². The molecule has 0 aromatic heterocycles. The lowest BCUT2D eigenvalue weighted by molar-refractivity contribution is -0.387. The highest BCUT2D eigenvalue weighted by atomic mass is 32.2. The van der Waals surface area contributed by atoms with Crippen molar-refractivity contribution in [1.82, 2.24) is 0 Å². The first-order valence-corrected chi connectivity index (χ1v) is 7.04. The molecule has 0 saturated carbocycles. The van der Waals surface area contributed by atoms with Crippen LogP contribution < -0.4 is 0 Å². The average Bonchev–Trinajstić information content (AvgIpc) is 2.48. The SMILES string of the molecule is N#Cc1ccc(CS(=O)c2ccccc2[N+](=O)[O-])cc1. The van der Waals surface area contributed by atoms with E-state index in [1.807, 2.05) is 6.07 Å². The fraction of sp³-hybridized carbons (Fsp3) is 0.0714. The van der Waals surface area contributed by atoms with Crippen molar-refractivity contribution in [2.45, 2.75) is 10.6 Å². The quantitative estimate of drug-likeness (QED) is 0.639. The summed E-state index contributed by atoms with van der Waals surface area (Å²) in [6.45, 7) is 0. The molecule has 0 aliphatic heterocycles. The molecule has 0 aliphatic rings. The molecule has 0 N–H and O–H groups in total. The van der Waals surface area contributed by atoms with E-state index in [4.69, 9.17) is 5.26 Å². The predicted molar refractivity (Wildman–Crippen MR) is 74.4 cm³/mol. The number of nitro benzene ring substituents is 1. The molecule has 2 rings (SSSR count). The Morgan fingerprint density at radius 1 is 1.15 bits per heavy atom. The van der Waals surface area contributed by atoms with Crippen molar-refractivity contribution in [3.05, 3.63) is 69.8 Å². The first-order chi connectivity index (χ1) is 9.61. The summed E-state index contributed by atoms with van der Waals surface area (Å²) in [6.07, 6.45) is 0. The predicted octanol–water partition coefficient (Wildman–Crippen LogP) is 2.77. The summed E-state index contributed by atoms with van der Waals surface area (Å²) in [5, 5.41) is 19.6. The van der Waals surface area contributed by atoms with Gasteiger partial charge in [-0.2, -0.15) is 5.26 Å². The van der Waals surface area contributed by atoms with E-state index in [2.05, 4.69) is 0 Å². The minimum Gasteiger partial charge on any atom is -0.258 e. The first-order valence-electron chi connectivity index (χ1n) is 5.72. The maximum absolute atomic E-state index is 12.2. The Bertz CT molecular complexity index is 705. The molecule has 6 heteroatoms. The largest absolute Gasteiger partial charge is 0.285 e. The van der Waals surface area contributed by atoms with Gasteiger partial charge in [0.2, 0.25) is 0 Å². The minimum atomic E-state index is -1.50. The van der Waals surface area contributed by atoms with Crippen LogP contribution in [0.25, 0.3) is 0 Å². The van der Waals surface area contributed by atoms with Gasteiger partial charge in [-0.3, -0.25) is 14.3 Å². The Balaban J connectivity index is 2.24. The van der Waals surface area contributed by atoms with Crippen molar-refractivity contribution in [1.29, 1.82) is 5.26 Å². The van der Waals surface area contributed by atoms with Crippen molar-refractivity contribution >= 4 is 16.5 Å². The van der Waals surface area contributed by atoms with Gasteiger partial charge >= 0.3 is 0 Å². The van der Waals surface area contributed by atoms with E-state index >= 15 is 0 Å². The third-order valence-corrected chi connectivity index (χ3v) is 4.12. The van der Waals surface area contributed by atoms with Crippen LogP contribution in [0.4, 0.5) is 5.69 Å². The normalized spacial score (nSPS) is 11.6. The van der Waals surface area contributed by atoms with E-state index in [-0.39, 0.29) is 16.3 Å². The van der Waals surface area contributed by atoms with Crippen molar-refractivity contribution in [3.63, 3.8) is 0 Å². The molecule has 0 heterocycles.